The molecule has 0 aromatic rings. The number of nitrogens with zero attached hydrogens (tertiary/aromatic N) is 1. The molecule has 2 nitrogen and oxygen atoms in total. The van der Waals surface area contributed by atoms with Gasteiger partial charge in [-0.05, 0) is 58.5 Å². The summed E-state index contributed by atoms with van der Waals surface area (Å²) in [5.41, 5.74) is 0. The molecule has 0 bridgehead atoms. The second-order valence-electron chi connectivity index (χ2n) is 6.20. The van der Waals surface area contributed by atoms with Gasteiger partial charge in [0, 0.05) is 18.1 Å². The van der Waals surface area contributed by atoms with E-state index in [4.69, 9.17) is 0 Å². The first-order valence-electron chi connectivity index (χ1n) is 7.51. The summed E-state index contributed by atoms with van der Waals surface area (Å²) < 4.78 is 0. The van der Waals surface area contributed by atoms with Crippen molar-refractivity contribution in [3.63, 3.8) is 0 Å². The Morgan fingerprint density at radius 1 is 1.24 bits per heavy atom. The first-order chi connectivity index (χ1) is 8.02. The third-order valence-electron chi connectivity index (χ3n) is 4.34. The zero-order valence-electron chi connectivity index (χ0n) is 12.5. The van der Waals surface area contributed by atoms with Gasteiger partial charge in [0.05, 0.1) is 0 Å². The van der Waals surface area contributed by atoms with Crippen LogP contribution in [0.3, 0.4) is 0 Å². The van der Waals surface area contributed by atoms with Gasteiger partial charge in [-0.15, -0.1) is 0 Å². The van der Waals surface area contributed by atoms with E-state index in [-0.39, 0.29) is 0 Å². The van der Waals surface area contributed by atoms with E-state index in [2.05, 4.69) is 44.8 Å². The summed E-state index contributed by atoms with van der Waals surface area (Å²) in [6.45, 7) is 14.1. The molecule has 1 saturated heterocycles. The SMILES string of the molecule is CC(C)NCCCC(C)N1CCCC(C)C1C. The van der Waals surface area contributed by atoms with E-state index < -0.39 is 0 Å². The molecule has 0 spiro atoms. The van der Waals surface area contributed by atoms with Gasteiger partial charge in [0.25, 0.3) is 0 Å². The van der Waals surface area contributed by atoms with Crippen molar-refractivity contribution in [3.8, 4) is 0 Å². The molecule has 102 valence electrons. The largest absolute Gasteiger partial charge is 0.315 e. The van der Waals surface area contributed by atoms with Crippen LogP contribution in [-0.4, -0.2) is 36.1 Å². The third kappa shape index (κ3) is 4.97. The van der Waals surface area contributed by atoms with E-state index in [0.717, 1.165) is 18.0 Å². The van der Waals surface area contributed by atoms with Gasteiger partial charge in [-0.1, -0.05) is 20.8 Å². The topological polar surface area (TPSA) is 15.3 Å². The Kier molecular flexibility index (Phi) is 6.50. The van der Waals surface area contributed by atoms with Crippen molar-refractivity contribution in [1.82, 2.24) is 10.2 Å². The van der Waals surface area contributed by atoms with Gasteiger partial charge in [-0.3, -0.25) is 4.90 Å². The second-order valence-corrected chi connectivity index (χ2v) is 6.20. The van der Waals surface area contributed by atoms with Gasteiger partial charge >= 0.3 is 0 Å². The summed E-state index contributed by atoms with van der Waals surface area (Å²) in [5.74, 6) is 0.875. The third-order valence-corrected chi connectivity index (χ3v) is 4.34. The van der Waals surface area contributed by atoms with Crippen LogP contribution in [0.4, 0.5) is 0 Å². The summed E-state index contributed by atoms with van der Waals surface area (Å²) in [6, 6.07) is 2.15. The summed E-state index contributed by atoms with van der Waals surface area (Å²) in [7, 11) is 0. The van der Waals surface area contributed by atoms with Gasteiger partial charge in [-0.2, -0.15) is 0 Å². The molecule has 0 amide bonds. The number of likely N-dealkylation sites (tertiary alicyclic amines) is 1. The van der Waals surface area contributed by atoms with Crippen molar-refractivity contribution in [2.45, 2.75) is 78.4 Å². The number of rotatable bonds is 6. The predicted molar refractivity (Wildman–Crippen MR) is 76.4 cm³/mol. The molecule has 2 heteroatoms. The lowest BCUT2D eigenvalue weighted by Gasteiger charge is -2.41. The smallest absolute Gasteiger partial charge is 0.00953 e. The Morgan fingerprint density at radius 2 is 1.94 bits per heavy atom. The Bertz CT molecular complexity index is 203. The standard InChI is InChI=1S/C15H32N2/c1-12(2)16-10-6-9-14(4)17-11-7-8-13(3)15(17)5/h12-16H,6-11H2,1-5H3. The monoisotopic (exact) mass is 240 g/mol. The van der Waals surface area contributed by atoms with Crippen LogP contribution < -0.4 is 5.32 Å². The lowest BCUT2D eigenvalue weighted by atomic mass is 9.90. The van der Waals surface area contributed by atoms with Crippen LogP contribution in [0, 0.1) is 5.92 Å². The molecule has 1 fully saturated rings. The fourth-order valence-corrected chi connectivity index (χ4v) is 2.94. The number of piperidine rings is 1. The molecule has 1 rings (SSSR count). The highest BCUT2D eigenvalue weighted by atomic mass is 15.2. The molecule has 1 aliphatic rings. The average molecular weight is 240 g/mol. The normalized spacial score (nSPS) is 28.6. The van der Waals surface area contributed by atoms with Crippen molar-refractivity contribution in [1.29, 1.82) is 0 Å². The minimum absolute atomic E-state index is 0.624. The maximum absolute atomic E-state index is 3.51. The molecule has 0 saturated carbocycles. The molecule has 3 unspecified atom stereocenters. The summed E-state index contributed by atoms with van der Waals surface area (Å²) >= 11 is 0. The van der Waals surface area contributed by atoms with E-state index in [1.54, 1.807) is 0 Å². The Morgan fingerprint density at radius 3 is 2.59 bits per heavy atom. The van der Waals surface area contributed by atoms with Crippen LogP contribution >= 0.6 is 0 Å². The van der Waals surface area contributed by atoms with Gasteiger partial charge in [-0.25, -0.2) is 0 Å². The average Bonchev–Trinajstić information content (AvgIpc) is 2.27. The van der Waals surface area contributed by atoms with E-state index in [9.17, 15) is 0 Å². The second kappa shape index (κ2) is 7.38. The van der Waals surface area contributed by atoms with Gasteiger partial charge in [0.1, 0.15) is 0 Å². The Balaban J connectivity index is 2.24. The molecule has 1 N–H and O–H groups in total. The van der Waals surface area contributed by atoms with Crippen molar-refractivity contribution < 1.29 is 0 Å². The van der Waals surface area contributed by atoms with E-state index >= 15 is 0 Å². The quantitative estimate of drug-likeness (QED) is 0.717. The van der Waals surface area contributed by atoms with Crippen molar-refractivity contribution >= 4 is 0 Å². The summed E-state index contributed by atoms with van der Waals surface area (Å²) in [5, 5.41) is 3.51. The maximum atomic E-state index is 3.51. The fraction of sp³-hybridized carbons (Fsp3) is 1.00. The first kappa shape index (κ1) is 15.0. The molecule has 0 radical (unpaired) electrons. The Hall–Kier alpha value is -0.0800. The van der Waals surface area contributed by atoms with E-state index in [1.807, 2.05) is 0 Å². The van der Waals surface area contributed by atoms with Gasteiger partial charge < -0.3 is 5.32 Å². The molecular formula is C15H32N2. The Labute approximate surface area is 108 Å². The lowest BCUT2D eigenvalue weighted by molar-refractivity contribution is 0.0709. The van der Waals surface area contributed by atoms with Crippen molar-refractivity contribution in [2.75, 3.05) is 13.1 Å². The van der Waals surface area contributed by atoms with Crippen LogP contribution in [0.2, 0.25) is 0 Å². The fourth-order valence-electron chi connectivity index (χ4n) is 2.94. The van der Waals surface area contributed by atoms with Gasteiger partial charge in [0.15, 0.2) is 0 Å². The van der Waals surface area contributed by atoms with Crippen LogP contribution in [0.5, 0.6) is 0 Å². The lowest BCUT2D eigenvalue weighted by Crippen LogP contribution is -2.47. The number of hydrogen-bond acceptors (Lipinski definition) is 2. The molecule has 17 heavy (non-hydrogen) atoms. The van der Waals surface area contributed by atoms with Crippen molar-refractivity contribution in [3.05, 3.63) is 0 Å². The van der Waals surface area contributed by atoms with E-state index in [1.165, 1.54) is 38.8 Å². The molecule has 3 atom stereocenters. The minimum atomic E-state index is 0.624. The van der Waals surface area contributed by atoms with Crippen LogP contribution in [0.1, 0.15) is 60.3 Å². The zero-order valence-corrected chi connectivity index (χ0v) is 12.5. The summed E-state index contributed by atoms with van der Waals surface area (Å²) in [6.07, 6.45) is 5.44. The molecule has 0 aromatic carbocycles. The highest BCUT2D eigenvalue weighted by Crippen LogP contribution is 2.25. The molecule has 0 aliphatic carbocycles. The molecule has 1 aliphatic heterocycles. The molecule has 1 heterocycles. The highest BCUT2D eigenvalue weighted by Gasteiger charge is 2.27. The minimum Gasteiger partial charge on any atom is -0.315 e. The van der Waals surface area contributed by atoms with Gasteiger partial charge in [0.2, 0.25) is 0 Å². The zero-order chi connectivity index (χ0) is 12.8. The highest BCUT2D eigenvalue weighted by molar-refractivity contribution is 4.82. The molecule has 0 aromatic heterocycles. The summed E-state index contributed by atoms with van der Waals surface area (Å²) in [4.78, 5) is 2.73. The van der Waals surface area contributed by atoms with Crippen LogP contribution in [0.25, 0.3) is 0 Å². The van der Waals surface area contributed by atoms with Crippen LogP contribution in [-0.2, 0) is 0 Å². The molecular weight excluding hydrogens is 208 g/mol. The number of hydrogen-bond donors (Lipinski definition) is 1. The van der Waals surface area contributed by atoms with Crippen LogP contribution in [0.15, 0.2) is 0 Å². The number of nitrogens with one attached hydrogen (secondary N) is 1. The predicted octanol–water partition coefficient (Wildman–Crippen LogP) is 3.27. The van der Waals surface area contributed by atoms with E-state index in [0.29, 0.717) is 6.04 Å². The maximum Gasteiger partial charge on any atom is 0.00953 e. The van der Waals surface area contributed by atoms with Crippen molar-refractivity contribution in [2.24, 2.45) is 5.92 Å². The first-order valence-corrected chi connectivity index (χ1v) is 7.51.